The molecule has 1 heterocycles. The highest BCUT2D eigenvalue weighted by molar-refractivity contribution is 6.34. The zero-order valence-electron chi connectivity index (χ0n) is 12.5. The van der Waals surface area contributed by atoms with Crippen LogP contribution in [-0.2, 0) is 6.54 Å². The minimum atomic E-state index is 0.460. The maximum Gasteiger partial charge on any atom is 0.153 e. The number of rotatable bonds is 4. The van der Waals surface area contributed by atoms with Crippen molar-refractivity contribution in [1.29, 1.82) is 0 Å². The molecule has 0 fully saturated rings. The molecule has 3 rings (SSSR count). The first-order valence-corrected chi connectivity index (χ1v) is 7.39. The molecule has 0 N–H and O–H groups in total. The van der Waals surface area contributed by atoms with E-state index in [0.717, 1.165) is 34.1 Å². The number of aldehydes is 1. The molecule has 3 aromatic rings. The lowest BCUT2D eigenvalue weighted by atomic mass is 10.1. The highest BCUT2D eigenvalue weighted by atomic mass is 35.5. The van der Waals surface area contributed by atoms with E-state index in [-0.39, 0.29) is 0 Å². The maximum atomic E-state index is 11.5. The van der Waals surface area contributed by atoms with Crippen LogP contribution < -0.4 is 4.74 Å². The van der Waals surface area contributed by atoms with Crippen LogP contribution in [0.25, 0.3) is 10.9 Å². The molecule has 3 nitrogen and oxygen atoms in total. The van der Waals surface area contributed by atoms with E-state index in [2.05, 4.69) is 0 Å². The number of fused-ring (bicyclic) bond motifs is 1. The van der Waals surface area contributed by atoms with E-state index in [1.165, 1.54) is 0 Å². The van der Waals surface area contributed by atoms with Crippen molar-refractivity contribution >= 4 is 28.8 Å². The lowest BCUT2D eigenvalue weighted by Gasteiger charge is -2.09. The minimum Gasteiger partial charge on any atom is -0.496 e. The Morgan fingerprint density at radius 2 is 1.95 bits per heavy atom. The molecule has 0 amide bonds. The summed E-state index contributed by atoms with van der Waals surface area (Å²) < 4.78 is 7.31. The second kappa shape index (κ2) is 5.85. The topological polar surface area (TPSA) is 31.2 Å². The fourth-order valence-corrected chi connectivity index (χ4v) is 3.02. The Kier molecular flexibility index (Phi) is 3.90. The molecular weight excluding hydrogens is 298 g/mol. The molecule has 112 valence electrons. The molecule has 0 bridgehead atoms. The van der Waals surface area contributed by atoms with Gasteiger partial charge in [0.25, 0.3) is 0 Å². The number of methoxy groups -OCH3 is 1. The number of carbonyl (C=O) groups excluding carboxylic acids is 1. The summed E-state index contributed by atoms with van der Waals surface area (Å²) in [5.74, 6) is 0.754. The summed E-state index contributed by atoms with van der Waals surface area (Å²) >= 11 is 6.44. The van der Waals surface area contributed by atoms with E-state index in [1.54, 1.807) is 7.11 Å². The summed E-state index contributed by atoms with van der Waals surface area (Å²) in [6.07, 6.45) is 0.806. The number of aryl methyl sites for hydroxylation is 1. The molecular formula is C18H16ClNO2. The van der Waals surface area contributed by atoms with Gasteiger partial charge in [-0.3, -0.25) is 4.79 Å². The van der Waals surface area contributed by atoms with E-state index in [9.17, 15) is 4.79 Å². The van der Waals surface area contributed by atoms with Crippen LogP contribution in [0.2, 0.25) is 5.15 Å². The van der Waals surface area contributed by atoms with Crippen molar-refractivity contribution in [3.8, 4) is 5.75 Å². The smallest absolute Gasteiger partial charge is 0.153 e. The van der Waals surface area contributed by atoms with Gasteiger partial charge < -0.3 is 9.30 Å². The van der Waals surface area contributed by atoms with E-state index < -0.39 is 0 Å². The van der Waals surface area contributed by atoms with Crippen molar-refractivity contribution in [2.75, 3.05) is 7.11 Å². The quantitative estimate of drug-likeness (QED) is 0.665. The number of carbonyl (C=O) groups is 1. The van der Waals surface area contributed by atoms with Crippen LogP contribution in [0.5, 0.6) is 5.75 Å². The maximum absolute atomic E-state index is 11.5. The first kappa shape index (κ1) is 14.7. The van der Waals surface area contributed by atoms with Gasteiger partial charge in [-0.25, -0.2) is 0 Å². The molecule has 0 atom stereocenters. The summed E-state index contributed by atoms with van der Waals surface area (Å²) in [7, 11) is 1.62. The minimum absolute atomic E-state index is 0.460. The van der Waals surface area contributed by atoms with Crippen molar-refractivity contribution in [3.05, 3.63) is 64.3 Å². The van der Waals surface area contributed by atoms with Gasteiger partial charge in [0.05, 0.1) is 18.2 Å². The third-order valence-electron chi connectivity index (χ3n) is 3.85. The Balaban J connectivity index is 2.23. The van der Waals surface area contributed by atoms with Gasteiger partial charge in [-0.05, 0) is 30.2 Å². The molecule has 0 saturated carbocycles. The van der Waals surface area contributed by atoms with E-state index in [0.29, 0.717) is 17.3 Å². The summed E-state index contributed by atoms with van der Waals surface area (Å²) in [5.41, 5.74) is 3.59. The zero-order chi connectivity index (χ0) is 15.7. The van der Waals surface area contributed by atoms with Gasteiger partial charge in [-0.1, -0.05) is 41.9 Å². The molecule has 0 radical (unpaired) electrons. The first-order valence-electron chi connectivity index (χ1n) is 7.01. The fraction of sp³-hybridized carbons (Fsp3) is 0.167. The standard InChI is InChI=1S/C18H16ClNO2/c1-12-8-16-14(9-17(12)22-2)15(11-21)18(19)20(16)10-13-6-4-3-5-7-13/h3-9,11H,10H2,1-2H3. The number of hydrogen-bond donors (Lipinski definition) is 0. The first-order chi connectivity index (χ1) is 10.7. The molecule has 0 aliphatic heterocycles. The number of hydrogen-bond acceptors (Lipinski definition) is 2. The Hall–Kier alpha value is -2.26. The van der Waals surface area contributed by atoms with E-state index >= 15 is 0 Å². The van der Waals surface area contributed by atoms with Gasteiger partial charge in [0.1, 0.15) is 10.9 Å². The molecule has 0 aliphatic carbocycles. The number of aromatic nitrogens is 1. The number of halogens is 1. The summed E-state index contributed by atoms with van der Waals surface area (Å²) in [6.45, 7) is 2.60. The van der Waals surface area contributed by atoms with Crippen molar-refractivity contribution in [3.63, 3.8) is 0 Å². The van der Waals surface area contributed by atoms with Crippen LogP contribution in [0.4, 0.5) is 0 Å². The van der Waals surface area contributed by atoms with Gasteiger partial charge in [0.2, 0.25) is 0 Å². The lowest BCUT2D eigenvalue weighted by Crippen LogP contribution is -2.00. The van der Waals surface area contributed by atoms with E-state index in [4.69, 9.17) is 16.3 Å². The van der Waals surface area contributed by atoms with Gasteiger partial charge in [-0.2, -0.15) is 0 Å². The summed E-state index contributed by atoms with van der Waals surface area (Å²) in [5, 5.41) is 1.28. The van der Waals surface area contributed by atoms with Crippen molar-refractivity contribution in [2.24, 2.45) is 0 Å². The predicted octanol–water partition coefficient (Wildman–Crippen LogP) is 4.47. The zero-order valence-corrected chi connectivity index (χ0v) is 13.2. The van der Waals surface area contributed by atoms with Crippen LogP contribution in [0.15, 0.2) is 42.5 Å². The summed E-state index contributed by atoms with van der Waals surface area (Å²) in [4.78, 5) is 11.5. The van der Waals surface area contributed by atoms with Gasteiger partial charge >= 0.3 is 0 Å². The molecule has 0 spiro atoms. The number of ether oxygens (including phenoxy) is 1. The van der Waals surface area contributed by atoms with Crippen LogP contribution in [0, 0.1) is 6.92 Å². The second-order valence-corrected chi connectivity index (χ2v) is 5.59. The Morgan fingerprint density at radius 3 is 2.59 bits per heavy atom. The number of benzene rings is 2. The normalized spacial score (nSPS) is 10.9. The average Bonchev–Trinajstić information content (AvgIpc) is 2.79. The molecule has 0 unspecified atom stereocenters. The van der Waals surface area contributed by atoms with Gasteiger partial charge in [0.15, 0.2) is 6.29 Å². The van der Waals surface area contributed by atoms with E-state index in [1.807, 2.05) is 54.0 Å². The highest BCUT2D eigenvalue weighted by Gasteiger charge is 2.17. The third-order valence-corrected chi connectivity index (χ3v) is 4.26. The van der Waals surface area contributed by atoms with Crippen molar-refractivity contribution in [2.45, 2.75) is 13.5 Å². The molecule has 0 aliphatic rings. The van der Waals surface area contributed by atoms with Crippen molar-refractivity contribution in [1.82, 2.24) is 4.57 Å². The third kappa shape index (κ3) is 2.38. The van der Waals surface area contributed by atoms with Gasteiger partial charge in [0, 0.05) is 11.9 Å². The molecule has 2 aromatic carbocycles. The molecule has 22 heavy (non-hydrogen) atoms. The average molecular weight is 314 g/mol. The van der Waals surface area contributed by atoms with Crippen LogP contribution in [-0.4, -0.2) is 18.0 Å². The number of nitrogens with zero attached hydrogens (tertiary/aromatic N) is 1. The molecule has 0 saturated heterocycles. The monoisotopic (exact) mass is 313 g/mol. The van der Waals surface area contributed by atoms with Crippen LogP contribution in [0.1, 0.15) is 21.5 Å². The van der Waals surface area contributed by atoms with Crippen LogP contribution >= 0.6 is 11.6 Å². The van der Waals surface area contributed by atoms with Gasteiger partial charge in [-0.15, -0.1) is 0 Å². The SMILES string of the molecule is COc1cc2c(C=O)c(Cl)n(Cc3ccccc3)c2cc1C. The fourth-order valence-electron chi connectivity index (χ4n) is 2.73. The van der Waals surface area contributed by atoms with Crippen LogP contribution in [0.3, 0.4) is 0 Å². The molecule has 4 heteroatoms. The molecule has 1 aromatic heterocycles. The predicted molar refractivity (Wildman–Crippen MR) is 89.2 cm³/mol. The lowest BCUT2D eigenvalue weighted by molar-refractivity contribution is 0.112. The Labute approximate surface area is 134 Å². The van der Waals surface area contributed by atoms with Crippen molar-refractivity contribution < 1.29 is 9.53 Å². The summed E-state index contributed by atoms with van der Waals surface area (Å²) in [6, 6.07) is 13.9. The Bertz CT molecular complexity index is 837. The second-order valence-electron chi connectivity index (χ2n) is 5.23. The Morgan fingerprint density at radius 1 is 1.23 bits per heavy atom. The largest absolute Gasteiger partial charge is 0.496 e. The highest BCUT2D eigenvalue weighted by Crippen LogP contribution is 2.34.